The van der Waals surface area contributed by atoms with Crippen LogP contribution in [-0.4, -0.2) is 109 Å². The lowest BCUT2D eigenvalue weighted by Crippen LogP contribution is -2.36. The third-order valence-corrected chi connectivity index (χ3v) is 9.23. The van der Waals surface area contributed by atoms with Crippen LogP contribution in [0.4, 0.5) is 11.6 Å². The molecule has 44 heavy (non-hydrogen) atoms. The highest BCUT2D eigenvalue weighted by Gasteiger charge is 2.54. The summed E-state index contributed by atoms with van der Waals surface area (Å²) in [5.74, 6) is 0.0829. The first-order valence-electron chi connectivity index (χ1n) is 12.8. The number of aliphatic hydroxyl groups is 2. The number of nitrogen functional groups attached to an aromatic ring is 2. The molecule has 0 amide bonds. The largest absolute Gasteiger partial charge is 0.472 e. The molecule has 3 aliphatic heterocycles. The lowest BCUT2D eigenvalue weighted by molar-refractivity contribution is -0.0672. The van der Waals surface area contributed by atoms with E-state index in [2.05, 4.69) is 29.9 Å². The van der Waals surface area contributed by atoms with Crippen LogP contribution < -0.4 is 11.5 Å². The molecule has 10 unspecified atom stereocenters. The number of nitrogens with zero attached hydrogens (tertiary/aromatic N) is 8. The monoisotopic (exact) mass is 658 g/mol. The van der Waals surface area contributed by atoms with Crippen LogP contribution >= 0.6 is 15.6 Å². The minimum atomic E-state index is -5.05. The minimum Gasteiger partial charge on any atom is -0.387 e. The molecule has 24 heteroatoms. The van der Waals surface area contributed by atoms with Gasteiger partial charge in [0.05, 0.1) is 25.9 Å². The number of phosphoric ester groups is 2. The van der Waals surface area contributed by atoms with Crippen molar-refractivity contribution in [3.63, 3.8) is 0 Å². The number of aromatic nitrogens is 8. The molecule has 0 spiro atoms. The maximum absolute atomic E-state index is 13.2. The molecule has 0 radical (unpaired) electrons. The fraction of sp³-hybridized carbons (Fsp3) is 0.500. The molecule has 7 heterocycles. The van der Waals surface area contributed by atoms with Crippen LogP contribution in [0.5, 0.6) is 0 Å². The van der Waals surface area contributed by atoms with Crippen molar-refractivity contribution in [2.24, 2.45) is 0 Å². The van der Waals surface area contributed by atoms with Crippen molar-refractivity contribution >= 4 is 49.6 Å². The average molecular weight is 658 g/mol. The summed E-state index contributed by atoms with van der Waals surface area (Å²) in [6.45, 7) is -1.56. The third-order valence-electron chi connectivity index (χ3n) is 7.26. The number of nitrogens with two attached hydrogens (primary N) is 2. The van der Waals surface area contributed by atoms with Crippen molar-refractivity contribution in [1.82, 2.24) is 39.0 Å². The van der Waals surface area contributed by atoms with E-state index in [9.17, 15) is 29.1 Å². The maximum Gasteiger partial charge on any atom is 0.472 e. The number of fused-ring (bicyclic) bond motifs is 5. The van der Waals surface area contributed by atoms with Crippen molar-refractivity contribution in [3.8, 4) is 0 Å². The second kappa shape index (κ2) is 10.7. The van der Waals surface area contributed by atoms with Gasteiger partial charge in [0, 0.05) is 0 Å². The highest BCUT2D eigenvalue weighted by atomic mass is 31.2. The van der Waals surface area contributed by atoms with Crippen LogP contribution in [0.2, 0.25) is 0 Å². The van der Waals surface area contributed by atoms with Gasteiger partial charge in [0.25, 0.3) is 0 Å². The van der Waals surface area contributed by atoms with Crippen LogP contribution in [0.3, 0.4) is 0 Å². The Balaban J connectivity index is 1.20. The van der Waals surface area contributed by atoms with E-state index >= 15 is 0 Å². The maximum atomic E-state index is 13.2. The van der Waals surface area contributed by atoms with Gasteiger partial charge in [-0.3, -0.25) is 27.2 Å². The van der Waals surface area contributed by atoms with Crippen molar-refractivity contribution < 1.29 is 56.7 Å². The van der Waals surface area contributed by atoms with Gasteiger partial charge in [0.1, 0.15) is 60.3 Å². The van der Waals surface area contributed by atoms with Gasteiger partial charge in [-0.2, -0.15) is 0 Å². The molecule has 3 fully saturated rings. The summed E-state index contributed by atoms with van der Waals surface area (Å²) in [7, 11) is -10.1. The normalized spacial score (nSPS) is 38.3. The number of ether oxygens (including phenoxy) is 2. The highest BCUT2D eigenvalue weighted by molar-refractivity contribution is 7.47. The van der Waals surface area contributed by atoms with E-state index in [0.717, 1.165) is 12.7 Å². The molecule has 236 valence electrons. The molecule has 3 saturated heterocycles. The molecule has 10 atom stereocenters. The van der Waals surface area contributed by atoms with Gasteiger partial charge in [-0.15, -0.1) is 0 Å². The van der Waals surface area contributed by atoms with Gasteiger partial charge >= 0.3 is 15.6 Å². The van der Waals surface area contributed by atoms with Crippen LogP contribution in [0.1, 0.15) is 12.5 Å². The summed E-state index contributed by atoms with van der Waals surface area (Å²) in [6, 6.07) is 0. The Kier molecular flexibility index (Phi) is 7.16. The summed E-state index contributed by atoms with van der Waals surface area (Å²) in [5.41, 5.74) is 12.3. The van der Waals surface area contributed by atoms with Crippen LogP contribution in [0.25, 0.3) is 22.3 Å². The van der Waals surface area contributed by atoms with Crippen LogP contribution in [-0.2, 0) is 36.7 Å². The number of hydrogen-bond acceptors (Lipinski definition) is 18. The number of anilines is 2. The molecule has 0 saturated carbocycles. The first-order chi connectivity index (χ1) is 20.9. The third kappa shape index (κ3) is 5.04. The predicted molar refractivity (Wildman–Crippen MR) is 141 cm³/mol. The van der Waals surface area contributed by atoms with Gasteiger partial charge in [-0.25, -0.2) is 39.0 Å². The molecule has 2 bridgehead atoms. The van der Waals surface area contributed by atoms with Crippen molar-refractivity contribution in [3.05, 3.63) is 25.3 Å². The van der Waals surface area contributed by atoms with Gasteiger partial charge in [-0.05, 0) is 0 Å². The average Bonchev–Trinajstić information content (AvgIpc) is 3.73. The Bertz CT molecular complexity index is 1820. The number of imidazole rings is 2. The lowest BCUT2D eigenvalue weighted by Gasteiger charge is -2.25. The molecular weight excluding hydrogens is 634 g/mol. The summed E-state index contributed by atoms with van der Waals surface area (Å²) in [4.78, 5) is 45.4. The molecule has 4 aromatic heterocycles. The van der Waals surface area contributed by atoms with E-state index in [1.165, 1.54) is 21.8 Å². The molecule has 3 aliphatic rings. The molecule has 8 N–H and O–H groups in total. The zero-order valence-corrected chi connectivity index (χ0v) is 23.8. The second-order valence-electron chi connectivity index (χ2n) is 9.95. The molecule has 0 aliphatic carbocycles. The number of phosphoric acid groups is 2. The van der Waals surface area contributed by atoms with Crippen LogP contribution in [0, 0.1) is 0 Å². The number of aliphatic hydroxyl groups excluding tert-OH is 2. The Hall–Kier alpha value is -3.24. The van der Waals surface area contributed by atoms with E-state index in [-0.39, 0.29) is 34.0 Å². The van der Waals surface area contributed by atoms with Gasteiger partial charge in [-0.1, -0.05) is 0 Å². The summed E-state index contributed by atoms with van der Waals surface area (Å²) in [5, 5.41) is 22.1. The minimum absolute atomic E-state index is 0.0348. The lowest BCUT2D eigenvalue weighted by atomic mass is 10.1. The molecule has 22 nitrogen and oxygen atoms in total. The Morgan fingerprint density at radius 1 is 0.705 bits per heavy atom. The molecule has 7 rings (SSSR count). The first-order valence-corrected chi connectivity index (χ1v) is 15.8. The van der Waals surface area contributed by atoms with Gasteiger partial charge in [0.2, 0.25) is 0 Å². The SMILES string of the molecule is Nc1ncnc2c1ncn2C1OC2COP(=O)(O)OC3C(O)C(COP(=O)(O)OC2C1O)OC3n1cnc2c(N)ncnc21. The van der Waals surface area contributed by atoms with E-state index < -0.39 is 77.9 Å². The Morgan fingerprint density at radius 3 is 1.80 bits per heavy atom. The number of hydrogen-bond donors (Lipinski definition) is 6. The molecule has 4 aromatic rings. The zero-order chi connectivity index (χ0) is 31.0. The smallest absolute Gasteiger partial charge is 0.387 e. The Morgan fingerprint density at radius 2 is 1.20 bits per heavy atom. The fourth-order valence-corrected chi connectivity index (χ4v) is 7.12. The van der Waals surface area contributed by atoms with Crippen molar-refractivity contribution in [2.45, 2.75) is 49.1 Å². The molecule has 0 aromatic carbocycles. The number of rotatable bonds is 2. The fourth-order valence-electron chi connectivity index (χ4n) is 5.22. The van der Waals surface area contributed by atoms with Gasteiger partial charge < -0.3 is 40.9 Å². The topological polar surface area (TPSA) is 310 Å². The van der Waals surface area contributed by atoms with Crippen LogP contribution in [0.15, 0.2) is 25.3 Å². The second-order valence-corrected chi connectivity index (χ2v) is 12.8. The van der Waals surface area contributed by atoms with E-state index in [1.54, 1.807) is 0 Å². The van der Waals surface area contributed by atoms with Gasteiger partial charge in [0.15, 0.2) is 35.4 Å². The quantitative estimate of drug-likeness (QED) is 0.132. The standard InChI is InChI=1S/C20H24N10O12P2/c21-15-9-17(25-3-23-15)29(5-27-9)19-12(32)13-8(40-19)2-38-44(35,36)42-14-11(31)7(1-37-43(33,34)41-13)39-20(14)30-6-28-10-16(22)24-4-26-18(10)30/h3-8,11-14,19-20,31-32H,1-2H2,(H,33,34)(H,35,36)(H2,21,23,25)(H2,22,24,26). The summed E-state index contributed by atoms with van der Waals surface area (Å²) < 4.78 is 61.4. The molecular formula is C20H24N10O12P2. The zero-order valence-electron chi connectivity index (χ0n) is 22.0. The van der Waals surface area contributed by atoms with Crippen molar-refractivity contribution in [2.75, 3.05) is 24.7 Å². The van der Waals surface area contributed by atoms with E-state index in [0.29, 0.717) is 0 Å². The van der Waals surface area contributed by atoms with E-state index in [4.69, 9.17) is 39.0 Å². The first kappa shape index (κ1) is 29.5. The summed E-state index contributed by atoms with van der Waals surface area (Å²) >= 11 is 0. The van der Waals surface area contributed by atoms with Crippen molar-refractivity contribution in [1.29, 1.82) is 0 Å². The van der Waals surface area contributed by atoms with E-state index in [1.807, 2.05) is 0 Å². The predicted octanol–water partition coefficient (Wildman–Crippen LogP) is -1.63. The summed E-state index contributed by atoms with van der Waals surface area (Å²) in [6.07, 6.45) is -7.41. The Labute approximate surface area is 244 Å². The highest BCUT2D eigenvalue weighted by Crippen LogP contribution is 2.53.